The Kier molecular flexibility index (Phi) is 2.77. The van der Waals surface area contributed by atoms with Crippen LogP contribution >= 0.6 is 0 Å². The van der Waals surface area contributed by atoms with Crippen LogP contribution < -0.4 is 10.2 Å². The molecule has 0 aliphatic rings. The van der Waals surface area contributed by atoms with E-state index in [1.54, 1.807) is 19.0 Å². The van der Waals surface area contributed by atoms with E-state index in [4.69, 9.17) is 0 Å². The van der Waals surface area contributed by atoms with E-state index in [0.717, 1.165) is 16.5 Å². The van der Waals surface area contributed by atoms with Gasteiger partial charge in [-0.25, -0.2) is 4.79 Å². The van der Waals surface area contributed by atoms with Crippen LogP contribution in [0, 0.1) is 0 Å². The highest BCUT2D eigenvalue weighted by Gasteiger charge is 2.10. The van der Waals surface area contributed by atoms with E-state index in [1.165, 1.54) is 0 Å². The highest BCUT2D eigenvalue weighted by Crippen LogP contribution is 2.25. The number of nitrogens with one attached hydrogen (secondary N) is 1. The second-order valence-corrected chi connectivity index (χ2v) is 3.61. The fourth-order valence-electron chi connectivity index (χ4n) is 1.78. The molecule has 0 bridgehead atoms. The molecule has 0 radical (unpaired) electrons. The van der Waals surface area contributed by atoms with Crippen molar-refractivity contribution in [3.8, 4) is 0 Å². The van der Waals surface area contributed by atoms with Gasteiger partial charge in [-0.3, -0.25) is 4.90 Å². The first-order valence-corrected chi connectivity index (χ1v) is 5.17. The lowest BCUT2D eigenvalue weighted by Crippen LogP contribution is -2.34. The van der Waals surface area contributed by atoms with Gasteiger partial charge in [-0.2, -0.15) is 0 Å². The summed E-state index contributed by atoms with van der Waals surface area (Å²) in [6.07, 6.45) is 0. The highest BCUT2D eigenvalue weighted by molar-refractivity contribution is 6.02. The first kappa shape index (κ1) is 10.5. The Morgan fingerprint density at radius 1 is 1.12 bits per heavy atom. The average Bonchev–Trinajstić information content (AvgIpc) is 2.36. The van der Waals surface area contributed by atoms with Crippen LogP contribution in [0.5, 0.6) is 0 Å². The Labute approximate surface area is 94.7 Å². The number of fused-ring (bicyclic) bond motifs is 1. The van der Waals surface area contributed by atoms with Crippen LogP contribution in [0.4, 0.5) is 10.5 Å². The average molecular weight is 214 g/mol. The van der Waals surface area contributed by atoms with E-state index < -0.39 is 0 Å². The van der Waals surface area contributed by atoms with Crippen molar-refractivity contribution in [3.05, 3.63) is 42.5 Å². The predicted octanol–water partition coefficient (Wildman–Crippen LogP) is 2.62. The summed E-state index contributed by atoms with van der Waals surface area (Å²) in [5.74, 6) is 0. The van der Waals surface area contributed by atoms with Crippen molar-refractivity contribution >= 4 is 22.5 Å². The summed E-state index contributed by atoms with van der Waals surface area (Å²) in [5, 5.41) is 4.83. The fraction of sp³-hybridized carbons (Fsp3) is 0.154. The summed E-state index contributed by atoms with van der Waals surface area (Å²) in [4.78, 5) is 13.2. The van der Waals surface area contributed by atoms with Gasteiger partial charge >= 0.3 is 6.03 Å². The van der Waals surface area contributed by atoms with Crippen LogP contribution in [0.3, 0.4) is 0 Å². The summed E-state index contributed by atoms with van der Waals surface area (Å²) >= 11 is 0. The molecule has 0 spiro atoms. The third kappa shape index (κ3) is 1.72. The summed E-state index contributed by atoms with van der Waals surface area (Å²) in [5.41, 5.74) is 0.914. The molecule has 0 aliphatic heterocycles. The molecule has 0 atom stereocenters. The van der Waals surface area contributed by atoms with E-state index in [2.05, 4.69) is 5.32 Å². The number of nitrogens with zero attached hydrogens (tertiary/aromatic N) is 1. The van der Waals surface area contributed by atoms with Gasteiger partial charge in [0.1, 0.15) is 0 Å². The maximum atomic E-state index is 11.6. The molecule has 0 saturated heterocycles. The van der Waals surface area contributed by atoms with Crippen molar-refractivity contribution in [2.45, 2.75) is 0 Å². The molecule has 0 fully saturated rings. The maximum Gasteiger partial charge on any atom is 0.321 e. The molecule has 2 aromatic carbocycles. The molecular formula is C13H14N2O. The smallest absolute Gasteiger partial charge is 0.321 e. The molecule has 2 aromatic rings. The maximum absolute atomic E-state index is 11.6. The molecule has 82 valence electrons. The van der Waals surface area contributed by atoms with Crippen molar-refractivity contribution in [3.63, 3.8) is 0 Å². The zero-order valence-corrected chi connectivity index (χ0v) is 9.40. The number of urea groups is 1. The summed E-state index contributed by atoms with van der Waals surface area (Å²) in [7, 11) is 3.39. The minimum atomic E-state index is -0.114. The summed E-state index contributed by atoms with van der Waals surface area (Å²) < 4.78 is 0. The monoisotopic (exact) mass is 214 g/mol. The summed E-state index contributed by atoms with van der Waals surface area (Å²) in [6.45, 7) is 0. The van der Waals surface area contributed by atoms with Gasteiger partial charge in [-0.15, -0.1) is 0 Å². The number of hydrogen-bond acceptors (Lipinski definition) is 1. The number of carbonyl (C=O) groups excluding carboxylic acids is 1. The normalized spacial score (nSPS) is 10.1. The molecule has 2 amide bonds. The number of rotatable bonds is 1. The largest absolute Gasteiger partial charge is 0.341 e. The van der Waals surface area contributed by atoms with Crippen molar-refractivity contribution in [2.75, 3.05) is 19.0 Å². The Balaban J connectivity index is 2.56. The lowest BCUT2D eigenvalue weighted by molar-refractivity contribution is 0.249. The van der Waals surface area contributed by atoms with Crippen LogP contribution in [0.25, 0.3) is 10.8 Å². The van der Waals surface area contributed by atoms with Gasteiger partial charge in [-0.05, 0) is 11.5 Å². The van der Waals surface area contributed by atoms with Gasteiger partial charge < -0.3 is 5.32 Å². The van der Waals surface area contributed by atoms with E-state index >= 15 is 0 Å². The first-order valence-electron chi connectivity index (χ1n) is 5.17. The molecule has 1 N–H and O–H groups in total. The van der Waals surface area contributed by atoms with Crippen molar-refractivity contribution in [1.82, 2.24) is 5.32 Å². The topological polar surface area (TPSA) is 32.3 Å². The van der Waals surface area contributed by atoms with Gasteiger partial charge in [-0.1, -0.05) is 36.4 Å². The van der Waals surface area contributed by atoms with Crippen LogP contribution in [0.15, 0.2) is 42.5 Å². The first-order chi connectivity index (χ1) is 7.74. The van der Waals surface area contributed by atoms with Gasteiger partial charge in [0.2, 0.25) is 0 Å². The highest BCUT2D eigenvalue weighted by atomic mass is 16.2. The van der Waals surface area contributed by atoms with Crippen LogP contribution in [0.1, 0.15) is 0 Å². The Hall–Kier alpha value is -2.03. The molecule has 0 saturated carbocycles. The van der Waals surface area contributed by atoms with Gasteiger partial charge in [0.05, 0.1) is 5.69 Å². The number of benzene rings is 2. The van der Waals surface area contributed by atoms with Crippen molar-refractivity contribution < 1.29 is 4.79 Å². The Morgan fingerprint density at radius 2 is 1.81 bits per heavy atom. The molecule has 3 heteroatoms. The van der Waals surface area contributed by atoms with Crippen molar-refractivity contribution in [1.29, 1.82) is 0 Å². The predicted molar refractivity (Wildman–Crippen MR) is 66.8 cm³/mol. The minimum absolute atomic E-state index is 0.114. The second kappa shape index (κ2) is 4.23. The lowest BCUT2D eigenvalue weighted by Gasteiger charge is -2.18. The zero-order chi connectivity index (χ0) is 11.5. The van der Waals surface area contributed by atoms with Gasteiger partial charge in [0.15, 0.2) is 0 Å². The third-order valence-electron chi connectivity index (χ3n) is 2.65. The number of anilines is 1. The van der Waals surface area contributed by atoms with Crippen LogP contribution in [-0.4, -0.2) is 20.1 Å². The van der Waals surface area contributed by atoms with E-state index in [9.17, 15) is 4.79 Å². The van der Waals surface area contributed by atoms with Crippen LogP contribution in [-0.2, 0) is 0 Å². The SMILES string of the molecule is CNC(=O)N(C)c1cccc2ccccc12. The quantitative estimate of drug-likeness (QED) is 0.777. The molecule has 2 rings (SSSR count). The fourth-order valence-corrected chi connectivity index (χ4v) is 1.78. The Morgan fingerprint density at radius 3 is 2.56 bits per heavy atom. The standard InChI is InChI=1S/C13H14N2O/c1-14-13(16)15(2)12-9-5-7-10-6-3-4-8-11(10)12/h3-9H,1-2H3,(H,14,16). The number of amides is 2. The molecule has 0 aliphatic carbocycles. The zero-order valence-electron chi connectivity index (χ0n) is 9.40. The minimum Gasteiger partial charge on any atom is -0.341 e. The Bertz CT molecular complexity index is 517. The van der Waals surface area contributed by atoms with E-state index in [0.29, 0.717) is 0 Å². The molecule has 0 heterocycles. The van der Waals surface area contributed by atoms with Gasteiger partial charge in [0.25, 0.3) is 0 Å². The van der Waals surface area contributed by atoms with E-state index in [1.807, 2.05) is 42.5 Å². The lowest BCUT2D eigenvalue weighted by atomic mass is 10.1. The van der Waals surface area contributed by atoms with E-state index in [-0.39, 0.29) is 6.03 Å². The molecular weight excluding hydrogens is 200 g/mol. The van der Waals surface area contributed by atoms with Crippen LogP contribution in [0.2, 0.25) is 0 Å². The molecule has 3 nitrogen and oxygen atoms in total. The third-order valence-corrected chi connectivity index (χ3v) is 2.65. The molecule has 16 heavy (non-hydrogen) atoms. The number of hydrogen-bond donors (Lipinski definition) is 1. The van der Waals surface area contributed by atoms with Crippen molar-refractivity contribution in [2.24, 2.45) is 0 Å². The molecule has 0 unspecified atom stereocenters. The van der Waals surface area contributed by atoms with Gasteiger partial charge in [0, 0.05) is 19.5 Å². The molecule has 0 aromatic heterocycles. The number of carbonyl (C=O) groups is 1. The summed E-state index contributed by atoms with van der Waals surface area (Å²) in [6, 6.07) is 13.8. The second-order valence-electron chi connectivity index (χ2n) is 3.61.